The lowest BCUT2D eigenvalue weighted by molar-refractivity contribution is -0.870. The number of hydrogen-bond donors (Lipinski definition) is 3. The molecule has 392 valence electrons. The topological polar surface area (TPSA) is 105 Å². The van der Waals surface area contributed by atoms with E-state index in [4.69, 9.17) is 9.05 Å². The molecule has 0 aromatic rings. The minimum atomic E-state index is -4.36. The number of rotatable bonds is 49. The summed E-state index contributed by atoms with van der Waals surface area (Å²) in [6.45, 7) is 4.68. The number of carbonyl (C=O) groups excluding carboxylic acids is 1. The van der Waals surface area contributed by atoms with Crippen LogP contribution in [0.2, 0.25) is 0 Å². The maximum absolute atomic E-state index is 13.0. The first-order chi connectivity index (χ1) is 33.0. The van der Waals surface area contributed by atoms with Gasteiger partial charge in [0.15, 0.2) is 0 Å². The van der Waals surface area contributed by atoms with Gasteiger partial charge < -0.3 is 19.8 Å². The molecule has 9 heteroatoms. The summed E-state index contributed by atoms with van der Waals surface area (Å²) in [5, 5.41) is 13.9. The van der Waals surface area contributed by atoms with Gasteiger partial charge in [-0.25, -0.2) is 4.57 Å². The molecular formula is C59H106N2O6P+. The SMILES string of the molecule is CC/C=C\C/C=C\C/C=C\C/C=C\C/C=C\C/C=C\C/C=C\CCCCCC(=O)NC(COP(=O)(O)OCC[N+](C)(C)C)C(O)/C=C/CCCCCCCCCCCCCCCCCCCCC. The van der Waals surface area contributed by atoms with Crippen molar-refractivity contribution in [1.29, 1.82) is 0 Å². The Morgan fingerprint density at radius 1 is 0.515 bits per heavy atom. The highest BCUT2D eigenvalue weighted by Crippen LogP contribution is 2.43. The molecule has 0 heterocycles. The van der Waals surface area contributed by atoms with Crippen LogP contribution in [0.1, 0.15) is 219 Å². The first-order valence-corrected chi connectivity index (χ1v) is 29.1. The molecule has 3 atom stereocenters. The van der Waals surface area contributed by atoms with Crippen LogP contribution in [-0.2, 0) is 18.4 Å². The van der Waals surface area contributed by atoms with Crippen LogP contribution in [-0.4, -0.2) is 73.4 Å². The standard InChI is InChI=1S/C59H105N2O6P/c1-6-8-10-12-14-16-18-20-22-24-26-28-29-30-31-33-35-37-39-41-43-45-47-49-51-53-59(63)60-57(56-67-68(64,65)66-55-54-61(3,4)5)58(62)52-50-48-46-44-42-40-38-36-34-32-27-25-23-21-19-17-15-13-11-9-7-2/h8,10,14,16,20,22,26,28,30-31,35,37,41,43,50,52,57-58,62H,6-7,9,11-13,15,17-19,21,23-25,27,29,32-34,36,38-40,42,44-49,51,53-56H2,1-5H3,(H-,60,63,64,65)/p+1/b10-8-,16-14-,22-20-,28-26-,31-30-,37-35-,43-41-,52-50+. The maximum atomic E-state index is 13.0. The van der Waals surface area contributed by atoms with Crippen LogP contribution < -0.4 is 5.32 Å². The average molecular weight is 970 g/mol. The zero-order valence-electron chi connectivity index (χ0n) is 44.6. The number of phosphoric acid groups is 1. The molecule has 0 aromatic carbocycles. The van der Waals surface area contributed by atoms with Gasteiger partial charge in [-0.05, 0) is 77.0 Å². The number of carbonyl (C=O) groups is 1. The van der Waals surface area contributed by atoms with Crippen molar-refractivity contribution >= 4 is 13.7 Å². The van der Waals surface area contributed by atoms with Gasteiger partial charge in [-0.2, -0.15) is 0 Å². The molecule has 0 saturated heterocycles. The number of unbranched alkanes of at least 4 members (excludes halogenated alkanes) is 22. The van der Waals surface area contributed by atoms with Crippen molar-refractivity contribution in [3.05, 3.63) is 97.2 Å². The average Bonchev–Trinajstić information content (AvgIpc) is 3.30. The molecule has 1 amide bonds. The Hall–Kier alpha value is -2.58. The highest BCUT2D eigenvalue weighted by molar-refractivity contribution is 7.47. The van der Waals surface area contributed by atoms with Crippen LogP contribution in [0.5, 0.6) is 0 Å². The predicted octanol–water partition coefficient (Wildman–Crippen LogP) is 16.6. The van der Waals surface area contributed by atoms with Crippen LogP contribution >= 0.6 is 7.82 Å². The van der Waals surface area contributed by atoms with Crippen LogP contribution in [0, 0.1) is 0 Å². The van der Waals surface area contributed by atoms with Gasteiger partial charge in [0.2, 0.25) is 5.91 Å². The van der Waals surface area contributed by atoms with Crippen molar-refractivity contribution in [3.8, 4) is 0 Å². The first kappa shape index (κ1) is 65.4. The second-order valence-electron chi connectivity index (χ2n) is 19.6. The molecule has 0 aliphatic heterocycles. The van der Waals surface area contributed by atoms with Gasteiger partial charge in [0.05, 0.1) is 39.9 Å². The van der Waals surface area contributed by atoms with Crippen molar-refractivity contribution in [2.24, 2.45) is 0 Å². The second-order valence-corrected chi connectivity index (χ2v) is 21.0. The zero-order valence-corrected chi connectivity index (χ0v) is 45.5. The van der Waals surface area contributed by atoms with Gasteiger partial charge in [-0.15, -0.1) is 0 Å². The summed E-state index contributed by atoms with van der Waals surface area (Å²) in [5.41, 5.74) is 0. The van der Waals surface area contributed by atoms with Crippen LogP contribution in [0.15, 0.2) is 97.2 Å². The van der Waals surface area contributed by atoms with E-state index in [2.05, 4.69) is 104 Å². The Labute approximate surface area is 419 Å². The van der Waals surface area contributed by atoms with E-state index in [9.17, 15) is 19.4 Å². The van der Waals surface area contributed by atoms with Gasteiger partial charge in [0, 0.05) is 6.42 Å². The number of aliphatic hydroxyl groups is 1. The summed E-state index contributed by atoms with van der Waals surface area (Å²) in [7, 11) is 1.54. The zero-order chi connectivity index (χ0) is 49.9. The summed E-state index contributed by atoms with van der Waals surface area (Å²) in [4.78, 5) is 23.3. The van der Waals surface area contributed by atoms with Crippen LogP contribution in [0.3, 0.4) is 0 Å². The third-order valence-electron chi connectivity index (χ3n) is 11.8. The summed E-state index contributed by atoms with van der Waals surface area (Å²) in [6, 6.07) is -0.872. The van der Waals surface area contributed by atoms with Gasteiger partial charge in [0.1, 0.15) is 13.2 Å². The third kappa shape index (κ3) is 51.3. The van der Waals surface area contributed by atoms with Gasteiger partial charge in [0.25, 0.3) is 0 Å². The Kier molecular flexibility index (Phi) is 47.5. The van der Waals surface area contributed by atoms with Crippen molar-refractivity contribution in [1.82, 2.24) is 5.32 Å². The number of nitrogens with zero attached hydrogens (tertiary/aromatic N) is 1. The van der Waals surface area contributed by atoms with E-state index in [1.807, 2.05) is 27.2 Å². The van der Waals surface area contributed by atoms with Gasteiger partial charge in [-0.3, -0.25) is 13.8 Å². The highest BCUT2D eigenvalue weighted by Gasteiger charge is 2.27. The summed E-state index contributed by atoms with van der Waals surface area (Å²) < 4.78 is 23.7. The number of allylic oxidation sites excluding steroid dienone is 15. The number of quaternary nitrogens is 1. The minimum absolute atomic E-state index is 0.0495. The fourth-order valence-corrected chi connectivity index (χ4v) is 8.23. The van der Waals surface area contributed by atoms with E-state index < -0.39 is 20.0 Å². The first-order valence-electron chi connectivity index (χ1n) is 27.6. The number of amides is 1. The largest absolute Gasteiger partial charge is 0.472 e. The molecule has 0 saturated carbocycles. The number of likely N-dealkylation sites (N-methyl/N-ethyl adjacent to an activating group) is 1. The number of nitrogens with one attached hydrogen (secondary N) is 1. The van der Waals surface area contributed by atoms with Gasteiger partial charge in [-0.1, -0.05) is 233 Å². The smallest absolute Gasteiger partial charge is 0.387 e. The van der Waals surface area contributed by atoms with E-state index in [-0.39, 0.29) is 19.1 Å². The summed E-state index contributed by atoms with van der Waals surface area (Å²) in [5.74, 6) is -0.211. The molecule has 3 N–H and O–H groups in total. The molecule has 0 radical (unpaired) electrons. The molecule has 0 rings (SSSR count). The van der Waals surface area contributed by atoms with Crippen LogP contribution in [0.4, 0.5) is 0 Å². The van der Waals surface area contributed by atoms with Crippen molar-refractivity contribution in [3.63, 3.8) is 0 Å². The molecule has 0 aliphatic carbocycles. The van der Waals surface area contributed by atoms with E-state index in [0.29, 0.717) is 17.4 Å². The predicted molar refractivity (Wildman–Crippen MR) is 295 cm³/mol. The maximum Gasteiger partial charge on any atom is 0.472 e. The molecule has 3 unspecified atom stereocenters. The highest BCUT2D eigenvalue weighted by atomic mass is 31.2. The quantitative estimate of drug-likeness (QED) is 0.0243. The fraction of sp³-hybridized carbons (Fsp3) is 0.712. The lowest BCUT2D eigenvalue weighted by Gasteiger charge is -2.25. The Morgan fingerprint density at radius 2 is 0.882 bits per heavy atom. The number of phosphoric ester groups is 1. The van der Waals surface area contributed by atoms with Crippen LogP contribution in [0.25, 0.3) is 0 Å². The van der Waals surface area contributed by atoms with E-state index in [1.165, 1.54) is 109 Å². The Bertz CT molecular complexity index is 1420. The van der Waals surface area contributed by atoms with E-state index >= 15 is 0 Å². The molecule has 68 heavy (non-hydrogen) atoms. The molecule has 8 nitrogen and oxygen atoms in total. The number of hydrogen-bond acceptors (Lipinski definition) is 5. The third-order valence-corrected chi connectivity index (χ3v) is 12.8. The normalized spacial score (nSPS) is 14.8. The van der Waals surface area contributed by atoms with Crippen molar-refractivity contribution < 1.29 is 32.9 Å². The molecule has 0 fully saturated rings. The van der Waals surface area contributed by atoms with E-state index in [0.717, 1.165) is 89.9 Å². The molecule has 0 aliphatic rings. The monoisotopic (exact) mass is 970 g/mol. The Balaban J connectivity index is 4.37. The van der Waals surface area contributed by atoms with Crippen molar-refractivity contribution in [2.75, 3.05) is 40.9 Å². The van der Waals surface area contributed by atoms with E-state index in [1.54, 1.807) is 6.08 Å². The molecular weight excluding hydrogens is 864 g/mol. The second kappa shape index (κ2) is 49.4. The van der Waals surface area contributed by atoms with Gasteiger partial charge >= 0.3 is 7.82 Å². The summed E-state index contributed by atoms with van der Waals surface area (Å²) >= 11 is 0. The molecule has 0 aromatic heterocycles. The molecule has 0 bridgehead atoms. The minimum Gasteiger partial charge on any atom is -0.387 e. The Morgan fingerprint density at radius 3 is 1.29 bits per heavy atom. The number of aliphatic hydroxyl groups excluding tert-OH is 1. The van der Waals surface area contributed by atoms with Crippen molar-refractivity contribution in [2.45, 2.75) is 231 Å². The lowest BCUT2D eigenvalue weighted by Crippen LogP contribution is -2.45. The summed E-state index contributed by atoms with van der Waals surface area (Å²) in [6.07, 6.45) is 70.7. The lowest BCUT2D eigenvalue weighted by atomic mass is 10.0. The molecule has 0 spiro atoms. The fourth-order valence-electron chi connectivity index (χ4n) is 7.49.